The number of benzene rings is 3. The average Bonchev–Trinajstić information content (AvgIpc) is 2.73. The molecule has 0 bridgehead atoms. The molecule has 5 heteroatoms. The molecule has 140 valence electrons. The van der Waals surface area contributed by atoms with Gasteiger partial charge in [0.15, 0.2) is 6.10 Å². The summed E-state index contributed by atoms with van der Waals surface area (Å²) in [5, 5.41) is 2.63. The van der Waals surface area contributed by atoms with Gasteiger partial charge in [-0.15, -0.1) is 0 Å². The Morgan fingerprint density at radius 3 is 1.89 bits per heavy atom. The molecule has 0 aromatic heterocycles. The number of hydrogen-bond donors (Lipinski definition) is 1. The molecular formula is C23H19NO4. The van der Waals surface area contributed by atoms with E-state index in [4.69, 9.17) is 4.74 Å². The summed E-state index contributed by atoms with van der Waals surface area (Å²) >= 11 is 0. The van der Waals surface area contributed by atoms with Crippen molar-refractivity contribution in [1.29, 1.82) is 0 Å². The molecule has 1 amide bonds. The Kier molecular flexibility index (Phi) is 5.97. The van der Waals surface area contributed by atoms with Crippen LogP contribution in [0.25, 0.3) is 0 Å². The van der Waals surface area contributed by atoms with Gasteiger partial charge in [0.25, 0.3) is 0 Å². The fraction of sp³-hybridized carbons (Fsp3) is 0.0870. The van der Waals surface area contributed by atoms with E-state index < -0.39 is 12.1 Å². The average molecular weight is 373 g/mol. The molecule has 0 unspecified atom stereocenters. The number of Topliss-reactive ketones (excluding diaryl/α,β-unsaturated/α-hetero) is 1. The van der Waals surface area contributed by atoms with Crippen LogP contribution in [0, 0.1) is 0 Å². The molecule has 0 aliphatic rings. The molecule has 3 rings (SSSR count). The molecule has 3 aromatic rings. The van der Waals surface area contributed by atoms with Crippen molar-refractivity contribution >= 4 is 23.3 Å². The quantitative estimate of drug-likeness (QED) is 0.513. The van der Waals surface area contributed by atoms with Gasteiger partial charge in [-0.3, -0.25) is 9.59 Å². The first-order valence-corrected chi connectivity index (χ1v) is 8.77. The third kappa shape index (κ3) is 4.71. The highest BCUT2D eigenvalue weighted by molar-refractivity contribution is 6.02. The molecule has 1 N–H and O–H groups in total. The minimum absolute atomic E-state index is 0.201. The summed E-state index contributed by atoms with van der Waals surface area (Å²) in [5.41, 5.74) is 1.92. The van der Waals surface area contributed by atoms with Gasteiger partial charge in [-0.25, -0.2) is 4.79 Å². The van der Waals surface area contributed by atoms with Crippen LogP contribution in [0.4, 0.5) is 5.69 Å². The van der Waals surface area contributed by atoms with Gasteiger partial charge in [0, 0.05) is 23.7 Å². The molecule has 3 aromatic carbocycles. The first-order chi connectivity index (χ1) is 13.5. The summed E-state index contributed by atoms with van der Waals surface area (Å²) in [7, 11) is 0. The van der Waals surface area contributed by atoms with E-state index in [2.05, 4.69) is 5.32 Å². The highest BCUT2D eigenvalue weighted by atomic mass is 16.5. The van der Waals surface area contributed by atoms with Gasteiger partial charge in [-0.2, -0.15) is 0 Å². The lowest BCUT2D eigenvalue weighted by Crippen LogP contribution is -2.20. The second-order valence-corrected chi connectivity index (χ2v) is 6.18. The first kappa shape index (κ1) is 19.0. The van der Waals surface area contributed by atoms with Crippen molar-refractivity contribution in [2.45, 2.75) is 13.0 Å². The zero-order valence-corrected chi connectivity index (χ0v) is 15.3. The number of carbonyl (C=O) groups excluding carboxylic acids is 3. The van der Waals surface area contributed by atoms with Gasteiger partial charge < -0.3 is 10.1 Å². The Balaban J connectivity index is 1.84. The molecule has 0 spiro atoms. The maximum atomic E-state index is 13.0. The highest BCUT2D eigenvalue weighted by Gasteiger charge is 2.26. The van der Waals surface area contributed by atoms with Gasteiger partial charge in [0.05, 0.1) is 5.56 Å². The predicted molar refractivity (Wildman–Crippen MR) is 106 cm³/mol. The van der Waals surface area contributed by atoms with Crippen molar-refractivity contribution < 1.29 is 19.1 Å². The minimum Gasteiger partial charge on any atom is -0.445 e. The number of carbonyl (C=O) groups is 3. The van der Waals surface area contributed by atoms with Crippen molar-refractivity contribution in [2.75, 3.05) is 5.32 Å². The molecule has 1 atom stereocenters. The lowest BCUT2D eigenvalue weighted by atomic mass is 10.00. The smallest absolute Gasteiger partial charge is 0.339 e. The van der Waals surface area contributed by atoms with Crippen LogP contribution in [0.1, 0.15) is 39.3 Å². The van der Waals surface area contributed by atoms with Crippen LogP contribution in [0.5, 0.6) is 0 Å². The van der Waals surface area contributed by atoms with Crippen molar-refractivity contribution in [1.82, 2.24) is 0 Å². The lowest BCUT2D eigenvalue weighted by Gasteiger charge is -2.17. The Morgan fingerprint density at radius 1 is 0.750 bits per heavy atom. The van der Waals surface area contributed by atoms with Crippen LogP contribution in [-0.2, 0) is 9.53 Å². The number of rotatable bonds is 6. The van der Waals surface area contributed by atoms with E-state index in [9.17, 15) is 14.4 Å². The third-order valence-corrected chi connectivity index (χ3v) is 4.06. The Bertz CT molecular complexity index is 967. The van der Waals surface area contributed by atoms with Crippen LogP contribution < -0.4 is 5.32 Å². The van der Waals surface area contributed by atoms with Crippen LogP contribution in [-0.4, -0.2) is 17.7 Å². The lowest BCUT2D eigenvalue weighted by molar-refractivity contribution is -0.114. The SMILES string of the molecule is CC(=O)Nc1ccc(C(=O)O[C@@H](C(=O)c2ccccc2)c2ccccc2)cc1. The summed E-state index contributed by atoms with van der Waals surface area (Å²) < 4.78 is 5.58. The van der Waals surface area contributed by atoms with Crippen molar-refractivity contribution in [3.8, 4) is 0 Å². The van der Waals surface area contributed by atoms with E-state index in [0.717, 1.165) is 0 Å². The van der Waals surface area contributed by atoms with Gasteiger partial charge >= 0.3 is 5.97 Å². The van der Waals surface area contributed by atoms with Gasteiger partial charge in [-0.1, -0.05) is 60.7 Å². The number of esters is 1. The van der Waals surface area contributed by atoms with E-state index in [-0.39, 0.29) is 17.3 Å². The fourth-order valence-corrected chi connectivity index (χ4v) is 2.72. The molecule has 0 radical (unpaired) electrons. The molecule has 0 saturated heterocycles. The summed E-state index contributed by atoms with van der Waals surface area (Å²) in [4.78, 5) is 36.7. The maximum Gasteiger partial charge on any atom is 0.339 e. The third-order valence-electron chi connectivity index (χ3n) is 4.06. The first-order valence-electron chi connectivity index (χ1n) is 8.77. The Morgan fingerprint density at radius 2 is 1.32 bits per heavy atom. The van der Waals surface area contributed by atoms with Crippen molar-refractivity contribution in [2.24, 2.45) is 0 Å². The Hall–Kier alpha value is -3.73. The number of nitrogens with one attached hydrogen (secondary N) is 1. The van der Waals surface area contributed by atoms with Gasteiger partial charge in [-0.05, 0) is 24.3 Å². The topological polar surface area (TPSA) is 72.5 Å². The van der Waals surface area contributed by atoms with Gasteiger partial charge in [0.1, 0.15) is 0 Å². The summed E-state index contributed by atoms with van der Waals surface area (Å²) in [6.07, 6.45) is -1.05. The molecular weight excluding hydrogens is 354 g/mol. The van der Waals surface area contributed by atoms with Crippen LogP contribution in [0.3, 0.4) is 0 Å². The minimum atomic E-state index is -1.05. The number of amides is 1. The second kappa shape index (κ2) is 8.77. The van der Waals surface area contributed by atoms with E-state index in [1.807, 2.05) is 12.1 Å². The maximum absolute atomic E-state index is 13.0. The summed E-state index contributed by atoms with van der Waals surface area (Å²) in [6, 6.07) is 23.9. The van der Waals surface area contributed by atoms with Gasteiger partial charge in [0.2, 0.25) is 11.7 Å². The molecule has 28 heavy (non-hydrogen) atoms. The van der Waals surface area contributed by atoms with Crippen LogP contribution >= 0.6 is 0 Å². The molecule has 5 nitrogen and oxygen atoms in total. The Labute approximate surface area is 163 Å². The van der Waals surface area contributed by atoms with E-state index >= 15 is 0 Å². The monoisotopic (exact) mass is 373 g/mol. The van der Waals surface area contributed by atoms with E-state index in [0.29, 0.717) is 16.8 Å². The zero-order chi connectivity index (χ0) is 19.9. The summed E-state index contributed by atoms with van der Waals surface area (Å²) in [6.45, 7) is 1.40. The number of anilines is 1. The number of hydrogen-bond acceptors (Lipinski definition) is 4. The molecule has 0 heterocycles. The summed E-state index contributed by atoms with van der Waals surface area (Å²) in [5.74, 6) is -1.12. The predicted octanol–water partition coefficient (Wildman–Crippen LogP) is 4.43. The van der Waals surface area contributed by atoms with Crippen LogP contribution in [0.2, 0.25) is 0 Å². The number of ether oxygens (including phenoxy) is 1. The largest absolute Gasteiger partial charge is 0.445 e. The van der Waals surface area contributed by atoms with E-state index in [1.165, 1.54) is 6.92 Å². The molecule has 0 fully saturated rings. The molecule has 0 saturated carbocycles. The second-order valence-electron chi connectivity index (χ2n) is 6.18. The standard InChI is InChI=1S/C23H19NO4/c1-16(25)24-20-14-12-19(13-15-20)23(27)28-22(18-10-6-3-7-11-18)21(26)17-8-4-2-5-9-17/h2-15,22H,1H3,(H,24,25)/t22-/m1/s1. The van der Waals surface area contributed by atoms with Crippen molar-refractivity contribution in [3.63, 3.8) is 0 Å². The zero-order valence-electron chi connectivity index (χ0n) is 15.3. The van der Waals surface area contributed by atoms with Crippen LogP contribution in [0.15, 0.2) is 84.9 Å². The highest BCUT2D eigenvalue weighted by Crippen LogP contribution is 2.24. The molecule has 0 aliphatic heterocycles. The van der Waals surface area contributed by atoms with E-state index in [1.54, 1.807) is 72.8 Å². The number of ketones is 1. The molecule has 0 aliphatic carbocycles. The van der Waals surface area contributed by atoms with Crippen molar-refractivity contribution in [3.05, 3.63) is 102 Å². The fourth-order valence-electron chi connectivity index (χ4n) is 2.72. The normalized spacial score (nSPS) is 11.3.